The summed E-state index contributed by atoms with van der Waals surface area (Å²) in [6.07, 6.45) is 2.63. The molecule has 4 rings (SSSR count). The zero-order valence-electron chi connectivity index (χ0n) is 17.1. The molecule has 1 atom stereocenters. The Morgan fingerprint density at radius 2 is 2.14 bits per heavy atom. The second kappa shape index (κ2) is 7.16. The molecule has 0 aliphatic carbocycles. The monoisotopic (exact) mass is 417 g/mol. The van der Waals surface area contributed by atoms with Crippen molar-refractivity contribution in [3.8, 4) is 5.75 Å². The van der Waals surface area contributed by atoms with Crippen LogP contribution >= 0.6 is 0 Å². The third kappa shape index (κ3) is 4.47. The van der Waals surface area contributed by atoms with Gasteiger partial charge in [-0.25, -0.2) is 13.1 Å². The van der Waals surface area contributed by atoms with Crippen LogP contribution in [0.25, 0.3) is 0 Å². The van der Waals surface area contributed by atoms with Crippen molar-refractivity contribution in [2.24, 2.45) is 0 Å². The first-order valence-corrected chi connectivity index (χ1v) is 11.8. The van der Waals surface area contributed by atoms with Crippen LogP contribution in [0, 0.1) is 6.92 Å². The first-order chi connectivity index (χ1) is 13.6. The SMILES string of the molecule is Cc1cc(NC(=O)Cc2ccc3c(c2)CCC(C)(C)O3)n([C@@H]2CCS(=O)(=O)C2)n1. The maximum Gasteiger partial charge on any atom is 0.229 e. The van der Waals surface area contributed by atoms with Crippen LogP contribution in [0.2, 0.25) is 0 Å². The van der Waals surface area contributed by atoms with Crippen molar-refractivity contribution in [2.75, 3.05) is 16.8 Å². The first kappa shape index (κ1) is 19.9. The number of sulfone groups is 1. The summed E-state index contributed by atoms with van der Waals surface area (Å²) in [5, 5.41) is 7.32. The number of benzene rings is 1. The zero-order chi connectivity index (χ0) is 20.8. The topological polar surface area (TPSA) is 90.3 Å². The summed E-state index contributed by atoms with van der Waals surface area (Å²) < 4.78 is 31.3. The molecule has 1 fully saturated rings. The summed E-state index contributed by atoms with van der Waals surface area (Å²) in [5.41, 5.74) is 2.65. The van der Waals surface area contributed by atoms with E-state index in [2.05, 4.69) is 24.3 Å². The fourth-order valence-electron chi connectivity index (χ4n) is 4.05. The highest BCUT2D eigenvalue weighted by molar-refractivity contribution is 7.91. The van der Waals surface area contributed by atoms with Crippen LogP contribution in [-0.4, -0.2) is 41.2 Å². The molecule has 0 saturated carbocycles. The summed E-state index contributed by atoms with van der Waals surface area (Å²) in [6.45, 7) is 6.00. The number of aryl methyl sites for hydroxylation is 2. The molecule has 8 heteroatoms. The van der Waals surface area contributed by atoms with Crippen molar-refractivity contribution in [1.82, 2.24) is 9.78 Å². The summed E-state index contributed by atoms with van der Waals surface area (Å²) in [4.78, 5) is 12.7. The molecule has 1 N–H and O–H groups in total. The Balaban J connectivity index is 1.46. The number of amides is 1. The maximum atomic E-state index is 12.7. The van der Waals surface area contributed by atoms with Gasteiger partial charge in [-0.15, -0.1) is 0 Å². The molecule has 3 heterocycles. The van der Waals surface area contributed by atoms with Gasteiger partial charge < -0.3 is 10.1 Å². The van der Waals surface area contributed by atoms with Crippen molar-refractivity contribution in [3.05, 3.63) is 41.1 Å². The molecule has 29 heavy (non-hydrogen) atoms. The summed E-state index contributed by atoms with van der Waals surface area (Å²) in [7, 11) is -3.03. The van der Waals surface area contributed by atoms with Gasteiger partial charge >= 0.3 is 0 Å². The molecule has 1 aromatic heterocycles. The molecule has 2 aromatic rings. The number of rotatable bonds is 4. The standard InChI is InChI=1S/C21H27N3O4S/c1-14-10-19(24(23-14)17-7-9-29(26,27)13-17)22-20(25)12-15-4-5-18-16(11-15)6-8-21(2,3)28-18/h4-5,10-11,17H,6-9,12-13H2,1-3H3,(H,22,25)/t17-/m1/s1. The largest absolute Gasteiger partial charge is 0.488 e. The molecule has 7 nitrogen and oxygen atoms in total. The first-order valence-electron chi connectivity index (χ1n) is 9.97. The number of carbonyl (C=O) groups is 1. The number of carbonyl (C=O) groups excluding carboxylic acids is 1. The Hall–Kier alpha value is -2.35. The van der Waals surface area contributed by atoms with Gasteiger partial charge in [0.15, 0.2) is 9.84 Å². The lowest BCUT2D eigenvalue weighted by molar-refractivity contribution is -0.115. The van der Waals surface area contributed by atoms with Gasteiger partial charge in [0.1, 0.15) is 17.2 Å². The molecule has 0 bridgehead atoms. The lowest BCUT2D eigenvalue weighted by atomic mass is 9.93. The minimum atomic E-state index is -3.03. The number of fused-ring (bicyclic) bond motifs is 1. The smallest absolute Gasteiger partial charge is 0.229 e. The van der Waals surface area contributed by atoms with E-state index in [0.29, 0.717) is 12.2 Å². The Kier molecular flexibility index (Phi) is 4.93. The van der Waals surface area contributed by atoms with Gasteiger partial charge in [0.25, 0.3) is 0 Å². The molecule has 2 aliphatic heterocycles. The highest BCUT2D eigenvalue weighted by atomic mass is 32.2. The number of aromatic nitrogens is 2. The van der Waals surface area contributed by atoms with E-state index in [9.17, 15) is 13.2 Å². The summed E-state index contributed by atoms with van der Waals surface area (Å²) in [5.74, 6) is 1.53. The highest BCUT2D eigenvalue weighted by Gasteiger charge is 2.31. The second-order valence-corrected chi connectivity index (χ2v) is 10.9. The van der Waals surface area contributed by atoms with Gasteiger partial charge in [-0.3, -0.25) is 4.79 Å². The Labute approximate surface area is 171 Å². The fourth-order valence-corrected chi connectivity index (χ4v) is 5.74. The molecular weight excluding hydrogens is 390 g/mol. The number of nitrogens with one attached hydrogen (secondary N) is 1. The lowest BCUT2D eigenvalue weighted by Gasteiger charge is -2.32. The third-order valence-electron chi connectivity index (χ3n) is 5.55. The van der Waals surface area contributed by atoms with Crippen LogP contribution in [-0.2, 0) is 27.5 Å². The van der Waals surface area contributed by atoms with Gasteiger partial charge in [-0.2, -0.15) is 5.10 Å². The van der Waals surface area contributed by atoms with E-state index in [-0.39, 0.29) is 35.5 Å². The minimum Gasteiger partial charge on any atom is -0.488 e. The van der Waals surface area contributed by atoms with Crippen molar-refractivity contribution < 1.29 is 17.9 Å². The van der Waals surface area contributed by atoms with E-state index in [4.69, 9.17) is 4.74 Å². The Morgan fingerprint density at radius 1 is 1.34 bits per heavy atom. The van der Waals surface area contributed by atoms with Crippen LogP contribution in [0.4, 0.5) is 5.82 Å². The van der Waals surface area contributed by atoms with Gasteiger partial charge in [0.2, 0.25) is 5.91 Å². The maximum absolute atomic E-state index is 12.7. The van der Waals surface area contributed by atoms with E-state index in [1.807, 2.05) is 25.1 Å². The fraction of sp³-hybridized carbons (Fsp3) is 0.524. The lowest BCUT2D eigenvalue weighted by Crippen LogP contribution is -2.32. The Bertz CT molecular complexity index is 1060. The predicted octanol–water partition coefficient (Wildman–Crippen LogP) is 2.84. The predicted molar refractivity (Wildman–Crippen MR) is 111 cm³/mol. The number of hydrogen-bond acceptors (Lipinski definition) is 5. The third-order valence-corrected chi connectivity index (χ3v) is 7.30. The minimum absolute atomic E-state index is 0.0676. The number of anilines is 1. The van der Waals surface area contributed by atoms with Crippen molar-refractivity contribution in [2.45, 2.75) is 58.1 Å². The molecular formula is C21H27N3O4S. The van der Waals surface area contributed by atoms with E-state index < -0.39 is 9.84 Å². The molecule has 1 amide bonds. The molecule has 0 spiro atoms. The average molecular weight is 418 g/mol. The highest BCUT2D eigenvalue weighted by Crippen LogP contribution is 2.33. The van der Waals surface area contributed by atoms with Crippen LogP contribution < -0.4 is 10.1 Å². The number of ether oxygens (including phenoxy) is 1. The van der Waals surface area contributed by atoms with Gasteiger partial charge in [0, 0.05) is 6.07 Å². The van der Waals surface area contributed by atoms with Crippen molar-refractivity contribution in [3.63, 3.8) is 0 Å². The van der Waals surface area contributed by atoms with Crippen molar-refractivity contribution >= 4 is 21.6 Å². The number of nitrogens with zero attached hydrogens (tertiary/aromatic N) is 2. The Morgan fingerprint density at radius 3 is 2.86 bits per heavy atom. The summed E-state index contributed by atoms with van der Waals surface area (Å²) >= 11 is 0. The van der Waals surface area contributed by atoms with E-state index >= 15 is 0 Å². The number of hydrogen-bond donors (Lipinski definition) is 1. The van der Waals surface area contributed by atoms with Crippen LogP contribution in [0.5, 0.6) is 5.75 Å². The summed E-state index contributed by atoms with van der Waals surface area (Å²) in [6, 6.07) is 7.46. The van der Waals surface area contributed by atoms with Crippen molar-refractivity contribution in [1.29, 1.82) is 0 Å². The molecule has 0 unspecified atom stereocenters. The van der Waals surface area contributed by atoms with Gasteiger partial charge in [-0.1, -0.05) is 12.1 Å². The van der Waals surface area contributed by atoms with E-state index in [1.54, 1.807) is 10.7 Å². The molecule has 0 radical (unpaired) electrons. The average Bonchev–Trinajstić information content (AvgIpc) is 3.16. The second-order valence-electron chi connectivity index (χ2n) is 8.70. The molecule has 1 saturated heterocycles. The quantitative estimate of drug-likeness (QED) is 0.826. The molecule has 2 aliphatic rings. The zero-order valence-corrected chi connectivity index (χ0v) is 17.9. The normalized spacial score (nSPS) is 22.0. The van der Waals surface area contributed by atoms with Crippen LogP contribution in [0.15, 0.2) is 24.3 Å². The van der Waals surface area contributed by atoms with E-state index in [0.717, 1.165) is 35.4 Å². The van der Waals surface area contributed by atoms with Gasteiger partial charge in [0.05, 0.1) is 29.7 Å². The van der Waals surface area contributed by atoms with Crippen LogP contribution in [0.3, 0.4) is 0 Å². The molecule has 156 valence electrons. The van der Waals surface area contributed by atoms with Crippen LogP contribution in [0.1, 0.15) is 49.6 Å². The molecule has 1 aromatic carbocycles. The van der Waals surface area contributed by atoms with Gasteiger partial charge in [-0.05, 0) is 57.2 Å². The van der Waals surface area contributed by atoms with E-state index in [1.165, 1.54) is 0 Å².